The summed E-state index contributed by atoms with van der Waals surface area (Å²) in [6.45, 7) is 5.73. The van der Waals surface area contributed by atoms with Crippen LogP contribution >= 0.6 is 0 Å². The Bertz CT molecular complexity index is 500. The molecule has 1 aromatic rings. The molecule has 1 unspecified atom stereocenters. The molecule has 0 spiro atoms. The minimum absolute atomic E-state index is 0.0227. The second kappa shape index (κ2) is 8.39. The minimum Gasteiger partial charge on any atom is -0.349 e. The first-order valence-electron chi connectivity index (χ1n) is 7.52. The molecular weight excluding hydrogens is 268 g/mol. The molecule has 0 fully saturated rings. The van der Waals surface area contributed by atoms with Gasteiger partial charge in [0.25, 0.3) is 11.6 Å². The van der Waals surface area contributed by atoms with E-state index < -0.39 is 4.92 Å². The van der Waals surface area contributed by atoms with Crippen molar-refractivity contribution in [2.75, 3.05) is 0 Å². The largest absolute Gasteiger partial charge is 0.349 e. The summed E-state index contributed by atoms with van der Waals surface area (Å²) < 4.78 is 0. The van der Waals surface area contributed by atoms with E-state index in [2.05, 4.69) is 12.2 Å². The van der Waals surface area contributed by atoms with E-state index >= 15 is 0 Å². The van der Waals surface area contributed by atoms with Crippen LogP contribution in [0.2, 0.25) is 0 Å². The molecule has 0 saturated carbocycles. The number of nitrogens with zero attached hydrogens (tertiary/aromatic N) is 1. The topological polar surface area (TPSA) is 72.2 Å². The summed E-state index contributed by atoms with van der Waals surface area (Å²) in [7, 11) is 0. The van der Waals surface area contributed by atoms with Gasteiger partial charge >= 0.3 is 0 Å². The van der Waals surface area contributed by atoms with Crippen molar-refractivity contribution in [3.63, 3.8) is 0 Å². The average molecular weight is 292 g/mol. The zero-order chi connectivity index (χ0) is 15.8. The monoisotopic (exact) mass is 292 g/mol. The summed E-state index contributed by atoms with van der Waals surface area (Å²) >= 11 is 0. The van der Waals surface area contributed by atoms with Crippen molar-refractivity contribution in [2.45, 2.75) is 58.9 Å². The molecule has 0 radical (unpaired) electrons. The Morgan fingerprint density at radius 1 is 1.33 bits per heavy atom. The zero-order valence-corrected chi connectivity index (χ0v) is 13.0. The third-order valence-electron chi connectivity index (χ3n) is 3.53. The van der Waals surface area contributed by atoms with Crippen LogP contribution in [0.4, 0.5) is 5.69 Å². The molecule has 0 aliphatic carbocycles. The predicted molar refractivity (Wildman–Crippen MR) is 83.5 cm³/mol. The summed E-state index contributed by atoms with van der Waals surface area (Å²) in [6.07, 6.45) is 5.48. The lowest BCUT2D eigenvalue weighted by atomic mass is 10.1. The van der Waals surface area contributed by atoms with Gasteiger partial charge in [-0.2, -0.15) is 0 Å². The van der Waals surface area contributed by atoms with Crippen molar-refractivity contribution in [1.82, 2.24) is 5.32 Å². The van der Waals surface area contributed by atoms with Gasteiger partial charge in [-0.15, -0.1) is 0 Å². The summed E-state index contributed by atoms with van der Waals surface area (Å²) in [5.74, 6) is -0.367. The van der Waals surface area contributed by atoms with Gasteiger partial charge in [0, 0.05) is 11.6 Å². The molecule has 21 heavy (non-hydrogen) atoms. The molecule has 0 aliphatic rings. The van der Waals surface area contributed by atoms with Crippen molar-refractivity contribution in [1.29, 1.82) is 0 Å². The second-order valence-corrected chi connectivity index (χ2v) is 5.45. The van der Waals surface area contributed by atoms with E-state index in [0.717, 1.165) is 19.3 Å². The Labute approximate surface area is 125 Å². The molecule has 0 heterocycles. The van der Waals surface area contributed by atoms with Gasteiger partial charge < -0.3 is 5.32 Å². The van der Waals surface area contributed by atoms with Gasteiger partial charge in [0.05, 0.1) is 4.92 Å². The first-order valence-corrected chi connectivity index (χ1v) is 7.52. The van der Waals surface area contributed by atoms with Crippen LogP contribution in [0.25, 0.3) is 0 Å². The summed E-state index contributed by atoms with van der Waals surface area (Å²) in [6, 6.07) is 4.84. The molecule has 1 amide bonds. The van der Waals surface area contributed by atoms with Gasteiger partial charge in [-0.05, 0) is 26.3 Å². The van der Waals surface area contributed by atoms with Crippen molar-refractivity contribution in [2.24, 2.45) is 0 Å². The number of amides is 1. The molecule has 0 saturated heterocycles. The van der Waals surface area contributed by atoms with Crippen molar-refractivity contribution in [3.05, 3.63) is 39.4 Å². The van der Waals surface area contributed by atoms with E-state index in [0.29, 0.717) is 5.56 Å². The smallest absolute Gasteiger partial charge is 0.285 e. The molecule has 0 aliphatic heterocycles. The van der Waals surface area contributed by atoms with Crippen LogP contribution in [0.15, 0.2) is 18.2 Å². The number of nitro groups is 1. The number of rotatable bonds is 8. The summed E-state index contributed by atoms with van der Waals surface area (Å²) in [4.78, 5) is 22.8. The molecular formula is C16H24N2O3. The molecule has 1 aromatic carbocycles. The van der Waals surface area contributed by atoms with Gasteiger partial charge in [0.2, 0.25) is 0 Å². The van der Waals surface area contributed by atoms with Gasteiger partial charge in [-0.1, -0.05) is 44.7 Å². The van der Waals surface area contributed by atoms with Crippen LogP contribution in [0.1, 0.15) is 61.9 Å². The van der Waals surface area contributed by atoms with Crippen molar-refractivity contribution < 1.29 is 9.72 Å². The highest BCUT2D eigenvalue weighted by molar-refractivity contribution is 5.98. The molecule has 0 aromatic heterocycles. The Hall–Kier alpha value is -1.91. The van der Waals surface area contributed by atoms with Crippen molar-refractivity contribution in [3.8, 4) is 0 Å². The first kappa shape index (κ1) is 17.1. The van der Waals surface area contributed by atoms with E-state index in [-0.39, 0.29) is 23.2 Å². The first-order chi connectivity index (χ1) is 9.97. The number of hydrogen-bond acceptors (Lipinski definition) is 3. The maximum Gasteiger partial charge on any atom is 0.285 e. The Kier molecular flexibility index (Phi) is 6.85. The predicted octanol–water partition coefficient (Wildman–Crippen LogP) is 3.99. The fraction of sp³-hybridized carbons (Fsp3) is 0.562. The molecule has 1 atom stereocenters. The number of carbonyl (C=O) groups excluding carboxylic acids is 1. The number of nitro benzene ring substituents is 1. The highest BCUT2D eigenvalue weighted by Crippen LogP contribution is 2.23. The maximum atomic E-state index is 12.2. The fourth-order valence-electron chi connectivity index (χ4n) is 2.34. The number of para-hydroxylation sites is 1. The molecule has 5 nitrogen and oxygen atoms in total. The van der Waals surface area contributed by atoms with Crippen molar-refractivity contribution >= 4 is 11.6 Å². The third-order valence-corrected chi connectivity index (χ3v) is 3.53. The highest BCUT2D eigenvalue weighted by atomic mass is 16.6. The van der Waals surface area contributed by atoms with Crippen LogP contribution in [0.3, 0.4) is 0 Å². The van der Waals surface area contributed by atoms with Crippen LogP contribution in [0.5, 0.6) is 0 Å². The van der Waals surface area contributed by atoms with E-state index in [4.69, 9.17) is 0 Å². The van der Waals surface area contributed by atoms with Crippen LogP contribution in [-0.4, -0.2) is 16.9 Å². The Morgan fingerprint density at radius 3 is 2.67 bits per heavy atom. The quantitative estimate of drug-likeness (QED) is 0.447. The maximum absolute atomic E-state index is 12.2. The normalized spacial score (nSPS) is 12.0. The zero-order valence-electron chi connectivity index (χ0n) is 13.0. The average Bonchev–Trinajstić information content (AvgIpc) is 2.42. The van der Waals surface area contributed by atoms with Gasteiger partial charge in [0.15, 0.2) is 0 Å². The number of carbonyl (C=O) groups is 1. The lowest BCUT2D eigenvalue weighted by Crippen LogP contribution is -2.33. The third kappa shape index (κ3) is 5.17. The number of benzene rings is 1. The van der Waals surface area contributed by atoms with Gasteiger partial charge in [0.1, 0.15) is 5.56 Å². The number of aryl methyl sites for hydroxylation is 1. The van der Waals surface area contributed by atoms with E-state index in [9.17, 15) is 14.9 Å². The molecule has 0 bridgehead atoms. The molecule has 1 rings (SSSR count). The van der Waals surface area contributed by atoms with E-state index in [1.807, 2.05) is 6.92 Å². The Balaban J connectivity index is 2.68. The number of hydrogen-bond donors (Lipinski definition) is 1. The van der Waals surface area contributed by atoms with E-state index in [1.54, 1.807) is 19.1 Å². The van der Waals surface area contributed by atoms with Gasteiger partial charge in [-0.3, -0.25) is 14.9 Å². The lowest BCUT2D eigenvalue weighted by molar-refractivity contribution is -0.385. The Morgan fingerprint density at radius 2 is 2.05 bits per heavy atom. The molecule has 1 N–H and O–H groups in total. The minimum atomic E-state index is -0.490. The molecule has 5 heteroatoms. The highest BCUT2D eigenvalue weighted by Gasteiger charge is 2.22. The summed E-state index contributed by atoms with van der Waals surface area (Å²) in [5.41, 5.74) is 0.539. The fourth-order valence-corrected chi connectivity index (χ4v) is 2.34. The number of nitrogens with one attached hydrogen (secondary N) is 1. The van der Waals surface area contributed by atoms with Crippen LogP contribution < -0.4 is 5.32 Å². The molecule has 116 valence electrons. The standard InChI is InChI=1S/C16H24N2O3/c1-4-5-6-7-10-13(3)17-16(19)14-11-8-9-12(2)15(14)18(20)21/h8-9,11,13H,4-7,10H2,1-3H3,(H,17,19). The second-order valence-electron chi connectivity index (χ2n) is 5.45. The number of unbranched alkanes of at least 4 members (excludes halogenated alkanes) is 3. The van der Waals surface area contributed by atoms with Crippen LogP contribution in [0, 0.1) is 17.0 Å². The van der Waals surface area contributed by atoms with Crippen LogP contribution in [-0.2, 0) is 0 Å². The lowest BCUT2D eigenvalue weighted by Gasteiger charge is -2.14. The summed E-state index contributed by atoms with van der Waals surface area (Å²) in [5, 5.41) is 14.0. The van der Waals surface area contributed by atoms with E-state index in [1.165, 1.54) is 18.9 Å². The van der Waals surface area contributed by atoms with Gasteiger partial charge in [-0.25, -0.2) is 0 Å². The SMILES string of the molecule is CCCCCCC(C)NC(=O)c1cccc(C)c1[N+](=O)[O-].